The van der Waals surface area contributed by atoms with E-state index in [4.69, 9.17) is 21.1 Å². The topological polar surface area (TPSA) is 59.6 Å². The van der Waals surface area contributed by atoms with Crippen LogP contribution in [0.3, 0.4) is 0 Å². The molecule has 128 valence electrons. The molecular formula is C18H21ClN2O3. The van der Waals surface area contributed by atoms with Crippen molar-refractivity contribution in [3.8, 4) is 5.75 Å². The predicted octanol–water partition coefficient (Wildman–Crippen LogP) is 3.72. The molecule has 0 heterocycles. The van der Waals surface area contributed by atoms with Crippen molar-refractivity contribution < 1.29 is 14.3 Å². The fourth-order valence-electron chi connectivity index (χ4n) is 2.03. The summed E-state index contributed by atoms with van der Waals surface area (Å²) in [7, 11) is 1.63. The van der Waals surface area contributed by atoms with Crippen molar-refractivity contribution in [2.45, 2.75) is 6.92 Å². The highest BCUT2D eigenvalue weighted by Crippen LogP contribution is 2.22. The van der Waals surface area contributed by atoms with Crippen LogP contribution in [-0.4, -0.2) is 32.8 Å². The lowest BCUT2D eigenvalue weighted by molar-refractivity contribution is -0.114. The maximum Gasteiger partial charge on any atom is 0.243 e. The highest BCUT2D eigenvalue weighted by molar-refractivity contribution is 6.31. The third-order valence-electron chi connectivity index (χ3n) is 3.41. The average Bonchev–Trinajstić information content (AvgIpc) is 2.58. The van der Waals surface area contributed by atoms with E-state index >= 15 is 0 Å². The Bertz CT molecular complexity index is 674. The predicted molar refractivity (Wildman–Crippen MR) is 97.1 cm³/mol. The number of hydrogen-bond acceptors (Lipinski definition) is 4. The Hall–Kier alpha value is -2.24. The van der Waals surface area contributed by atoms with E-state index in [9.17, 15) is 4.79 Å². The molecule has 0 radical (unpaired) electrons. The van der Waals surface area contributed by atoms with Gasteiger partial charge in [-0.15, -0.1) is 0 Å². The zero-order chi connectivity index (χ0) is 17.4. The number of rotatable bonds is 8. The quantitative estimate of drug-likeness (QED) is 0.714. The van der Waals surface area contributed by atoms with Gasteiger partial charge in [-0.2, -0.15) is 0 Å². The molecule has 0 bridgehead atoms. The van der Waals surface area contributed by atoms with Crippen molar-refractivity contribution in [1.82, 2.24) is 0 Å². The molecule has 0 saturated carbocycles. The second kappa shape index (κ2) is 9.15. The number of anilines is 2. The molecule has 0 unspecified atom stereocenters. The van der Waals surface area contributed by atoms with Crippen molar-refractivity contribution in [2.24, 2.45) is 0 Å². The molecular weight excluding hydrogens is 328 g/mol. The first kappa shape index (κ1) is 18.1. The smallest absolute Gasteiger partial charge is 0.243 e. The van der Waals surface area contributed by atoms with E-state index in [0.717, 1.165) is 22.7 Å². The van der Waals surface area contributed by atoms with Gasteiger partial charge in [-0.05, 0) is 48.9 Å². The number of benzene rings is 2. The Kier molecular flexibility index (Phi) is 6.90. The highest BCUT2D eigenvalue weighted by atomic mass is 35.5. The van der Waals surface area contributed by atoms with E-state index in [-0.39, 0.29) is 12.5 Å². The molecule has 0 aromatic heterocycles. The molecule has 2 aromatic rings. The second-order valence-electron chi connectivity index (χ2n) is 5.18. The Labute approximate surface area is 146 Å². The van der Waals surface area contributed by atoms with Gasteiger partial charge in [0.15, 0.2) is 0 Å². The molecule has 0 aliphatic carbocycles. The molecule has 1 amide bonds. The first-order valence-electron chi connectivity index (χ1n) is 7.61. The largest absolute Gasteiger partial charge is 0.491 e. The van der Waals surface area contributed by atoms with Crippen molar-refractivity contribution >= 4 is 28.9 Å². The van der Waals surface area contributed by atoms with Gasteiger partial charge in [-0.3, -0.25) is 4.79 Å². The summed E-state index contributed by atoms with van der Waals surface area (Å²) in [6, 6.07) is 12.8. The normalized spacial score (nSPS) is 10.3. The summed E-state index contributed by atoms with van der Waals surface area (Å²) >= 11 is 6.04. The molecule has 2 rings (SSSR count). The van der Waals surface area contributed by atoms with E-state index in [1.165, 1.54) is 0 Å². The van der Waals surface area contributed by atoms with E-state index in [1.807, 2.05) is 37.3 Å². The molecule has 0 aliphatic rings. The van der Waals surface area contributed by atoms with Gasteiger partial charge in [0.2, 0.25) is 5.91 Å². The summed E-state index contributed by atoms with van der Waals surface area (Å²) in [5, 5.41) is 6.54. The van der Waals surface area contributed by atoms with E-state index in [1.54, 1.807) is 19.2 Å². The Morgan fingerprint density at radius 1 is 1.12 bits per heavy atom. The van der Waals surface area contributed by atoms with Crippen LogP contribution >= 0.6 is 11.6 Å². The molecule has 0 aliphatic heterocycles. The van der Waals surface area contributed by atoms with E-state index in [2.05, 4.69) is 10.6 Å². The van der Waals surface area contributed by atoms with Gasteiger partial charge >= 0.3 is 0 Å². The number of halogens is 1. The second-order valence-corrected chi connectivity index (χ2v) is 5.59. The van der Waals surface area contributed by atoms with Crippen molar-refractivity contribution in [3.63, 3.8) is 0 Å². The summed E-state index contributed by atoms with van der Waals surface area (Å²) in [5.74, 6) is 0.623. The van der Waals surface area contributed by atoms with Gasteiger partial charge in [-0.25, -0.2) is 0 Å². The molecule has 6 heteroatoms. The third-order valence-corrected chi connectivity index (χ3v) is 3.81. The Balaban J connectivity index is 1.82. The lowest BCUT2D eigenvalue weighted by Gasteiger charge is -2.11. The first-order chi connectivity index (χ1) is 11.6. The summed E-state index contributed by atoms with van der Waals surface area (Å²) in [5.41, 5.74) is 2.41. The van der Waals surface area contributed by atoms with Gasteiger partial charge in [0.1, 0.15) is 12.4 Å². The molecule has 5 nitrogen and oxygen atoms in total. The van der Waals surface area contributed by atoms with Gasteiger partial charge in [0.25, 0.3) is 0 Å². The van der Waals surface area contributed by atoms with Crippen LogP contribution in [0.1, 0.15) is 5.56 Å². The number of carbonyl (C=O) groups is 1. The van der Waals surface area contributed by atoms with Crippen LogP contribution in [0.25, 0.3) is 0 Å². The molecule has 24 heavy (non-hydrogen) atoms. The van der Waals surface area contributed by atoms with Crippen LogP contribution in [-0.2, 0) is 9.53 Å². The van der Waals surface area contributed by atoms with Crippen LogP contribution < -0.4 is 15.4 Å². The molecule has 2 aromatic carbocycles. The summed E-state index contributed by atoms with van der Waals surface area (Å²) in [4.78, 5) is 12.0. The molecule has 2 N–H and O–H groups in total. The van der Waals surface area contributed by atoms with Crippen LogP contribution in [0, 0.1) is 6.92 Å². The molecule has 0 fully saturated rings. The number of hydrogen-bond donors (Lipinski definition) is 2. The number of ether oxygens (including phenoxy) is 2. The monoisotopic (exact) mass is 348 g/mol. The van der Waals surface area contributed by atoms with Gasteiger partial charge in [-0.1, -0.05) is 17.7 Å². The standard InChI is InChI=1S/C18H21ClN2O3/c1-13-16(19)4-3-5-17(13)21-18(22)12-20-14-6-8-15(9-7-14)24-11-10-23-2/h3-9,20H,10-12H2,1-2H3,(H,21,22). The lowest BCUT2D eigenvalue weighted by atomic mass is 10.2. The Morgan fingerprint density at radius 2 is 1.88 bits per heavy atom. The number of nitrogens with one attached hydrogen (secondary N) is 2. The summed E-state index contributed by atoms with van der Waals surface area (Å²) in [6.07, 6.45) is 0. The zero-order valence-corrected chi connectivity index (χ0v) is 14.5. The minimum Gasteiger partial charge on any atom is -0.491 e. The third kappa shape index (κ3) is 5.44. The van der Waals surface area contributed by atoms with E-state index in [0.29, 0.717) is 18.2 Å². The number of amides is 1. The Morgan fingerprint density at radius 3 is 2.58 bits per heavy atom. The lowest BCUT2D eigenvalue weighted by Crippen LogP contribution is -2.22. The summed E-state index contributed by atoms with van der Waals surface area (Å²) in [6.45, 7) is 3.08. The number of carbonyl (C=O) groups excluding carboxylic acids is 1. The SMILES string of the molecule is COCCOc1ccc(NCC(=O)Nc2cccc(Cl)c2C)cc1. The van der Waals surface area contributed by atoms with Crippen molar-refractivity contribution in [1.29, 1.82) is 0 Å². The zero-order valence-electron chi connectivity index (χ0n) is 13.8. The maximum absolute atomic E-state index is 12.0. The van der Waals surface area contributed by atoms with Crippen LogP contribution in [0.4, 0.5) is 11.4 Å². The van der Waals surface area contributed by atoms with Gasteiger partial charge in [0, 0.05) is 23.5 Å². The fraction of sp³-hybridized carbons (Fsp3) is 0.278. The maximum atomic E-state index is 12.0. The summed E-state index contributed by atoms with van der Waals surface area (Å²) < 4.78 is 10.4. The minimum absolute atomic E-state index is 0.138. The van der Waals surface area contributed by atoms with Crippen LogP contribution in [0.5, 0.6) is 5.75 Å². The first-order valence-corrected chi connectivity index (χ1v) is 7.98. The van der Waals surface area contributed by atoms with Crippen molar-refractivity contribution in [3.05, 3.63) is 53.1 Å². The van der Waals surface area contributed by atoms with Crippen molar-refractivity contribution in [2.75, 3.05) is 37.5 Å². The van der Waals surface area contributed by atoms with Gasteiger partial charge < -0.3 is 20.1 Å². The number of methoxy groups -OCH3 is 1. The highest BCUT2D eigenvalue weighted by Gasteiger charge is 2.06. The van der Waals surface area contributed by atoms with E-state index < -0.39 is 0 Å². The van der Waals surface area contributed by atoms with Crippen LogP contribution in [0.2, 0.25) is 5.02 Å². The molecule has 0 spiro atoms. The van der Waals surface area contributed by atoms with Gasteiger partial charge in [0.05, 0.1) is 13.2 Å². The molecule has 0 saturated heterocycles. The minimum atomic E-state index is -0.138. The fourth-order valence-corrected chi connectivity index (χ4v) is 2.21. The molecule has 0 atom stereocenters. The van der Waals surface area contributed by atoms with Crippen LogP contribution in [0.15, 0.2) is 42.5 Å². The average molecular weight is 349 g/mol.